The molecule has 0 radical (unpaired) electrons. The topological polar surface area (TPSA) is 32.3 Å². The van der Waals surface area contributed by atoms with Crippen LogP contribution in [0.4, 0.5) is 0 Å². The largest absolute Gasteiger partial charge is 0.339 e. The van der Waals surface area contributed by atoms with Crippen LogP contribution in [0.1, 0.15) is 34.3 Å². The number of aryl methyl sites for hydroxylation is 2. The standard InChI is InChI=1S/C23H28N2O/c26-23(25-14-12-20-16-24-17-21(20)13-15-25)22-9-5-4-8-19(22)11-10-18-6-2-1-3-7-18/h1-9,20-21,24H,10-17H2/t20-,21+. The predicted molar refractivity (Wildman–Crippen MR) is 105 cm³/mol. The number of nitrogens with one attached hydrogen (secondary N) is 1. The second-order valence-electron chi connectivity index (χ2n) is 7.69. The minimum atomic E-state index is 0.224. The molecule has 2 aromatic carbocycles. The van der Waals surface area contributed by atoms with Gasteiger partial charge in [0.15, 0.2) is 0 Å². The van der Waals surface area contributed by atoms with Gasteiger partial charge in [0.1, 0.15) is 0 Å². The molecule has 2 aliphatic rings. The average molecular weight is 348 g/mol. The Labute approximate surface area is 156 Å². The van der Waals surface area contributed by atoms with Crippen LogP contribution in [0.15, 0.2) is 54.6 Å². The van der Waals surface area contributed by atoms with E-state index >= 15 is 0 Å². The third-order valence-electron chi connectivity index (χ3n) is 6.08. The van der Waals surface area contributed by atoms with Crippen molar-refractivity contribution in [2.45, 2.75) is 25.7 Å². The number of hydrogen-bond donors (Lipinski definition) is 1. The maximum atomic E-state index is 13.2. The third kappa shape index (κ3) is 3.83. The van der Waals surface area contributed by atoms with Crippen LogP contribution in [-0.2, 0) is 12.8 Å². The van der Waals surface area contributed by atoms with Gasteiger partial charge in [0.05, 0.1) is 0 Å². The number of nitrogens with zero attached hydrogens (tertiary/aromatic N) is 1. The van der Waals surface area contributed by atoms with Crippen molar-refractivity contribution in [1.82, 2.24) is 10.2 Å². The van der Waals surface area contributed by atoms with Gasteiger partial charge in [0.2, 0.25) is 0 Å². The van der Waals surface area contributed by atoms with Gasteiger partial charge in [-0.05, 0) is 67.8 Å². The van der Waals surface area contributed by atoms with Gasteiger partial charge in [-0.1, -0.05) is 48.5 Å². The Morgan fingerprint density at radius 2 is 1.54 bits per heavy atom. The molecule has 0 unspecified atom stereocenters. The van der Waals surface area contributed by atoms with E-state index < -0.39 is 0 Å². The second-order valence-corrected chi connectivity index (χ2v) is 7.69. The Bertz CT molecular complexity index is 729. The van der Waals surface area contributed by atoms with Crippen molar-refractivity contribution in [2.75, 3.05) is 26.2 Å². The number of benzene rings is 2. The van der Waals surface area contributed by atoms with E-state index in [-0.39, 0.29) is 5.91 Å². The van der Waals surface area contributed by atoms with Crippen LogP contribution in [0.3, 0.4) is 0 Å². The van der Waals surface area contributed by atoms with Crippen molar-refractivity contribution < 1.29 is 4.79 Å². The SMILES string of the molecule is O=C(c1ccccc1CCc1ccccc1)N1CC[C@@H]2CNC[C@@H]2CC1. The number of hydrogen-bond acceptors (Lipinski definition) is 2. The van der Waals surface area contributed by atoms with Crippen LogP contribution in [0, 0.1) is 11.8 Å². The number of rotatable bonds is 4. The van der Waals surface area contributed by atoms with Gasteiger partial charge in [0, 0.05) is 18.7 Å². The first-order valence-corrected chi connectivity index (χ1v) is 9.93. The molecule has 2 aliphatic heterocycles. The van der Waals surface area contributed by atoms with E-state index in [9.17, 15) is 4.79 Å². The molecule has 136 valence electrons. The Morgan fingerprint density at radius 1 is 0.885 bits per heavy atom. The minimum absolute atomic E-state index is 0.224. The average Bonchev–Trinajstić information content (AvgIpc) is 3.05. The van der Waals surface area contributed by atoms with Gasteiger partial charge in [-0.25, -0.2) is 0 Å². The van der Waals surface area contributed by atoms with E-state index in [1.54, 1.807) is 0 Å². The molecule has 1 amide bonds. The number of carbonyl (C=O) groups is 1. The van der Waals surface area contributed by atoms with Crippen LogP contribution in [0.2, 0.25) is 0 Å². The normalized spacial score (nSPS) is 22.7. The molecule has 0 aromatic heterocycles. The summed E-state index contributed by atoms with van der Waals surface area (Å²) in [6.45, 7) is 4.05. The van der Waals surface area contributed by atoms with Gasteiger partial charge in [-0.3, -0.25) is 4.79 Å². The van der Waals surface area contributed by atoms with Crippen LogP contribution < -0.4 is 5.32 Å². The molecule has 2 aromatic rings. The zero-order chi connectivity index (χ0) is 17.8. The summed E-state index contributed by atoms with van der Waals surface area (Å²) in [5.74, 6) is 1.73. The fraction of sp³-hybridized carbons (Fsp3) is 0.435. The summed E-state index contributed by atoms with van der Waals surface area (Å²) in [6, 6.07) is 18.7. The first kappa shape index (κ1) is 17.3. The lowest BCUT2D eigenvalue weighted by atomic mass is 9.92. The van der Waals surface area contributed by atoms with E-state index in [0.717, 1.165) is 69.3 Å². The lowest BCUT2D eigenvalue weighted by Crippen LogP contribution is -2.33. The second kappa shape index (κ2) is 8.05. The van der Waals surface area contributed by atoms with E-state index in [1.165, 1.54) is 11.1 Å². The summed E-state index contributed by atoms with van der Waals surface area (Å²) in [5, 5.41) is 3.51. The van der Waals surface area contributed by atoms with Crippen LogP contribution in [0.5, 0.6) is 0 Å². The first-order chi connectivity index (χ1) is 12.8. The highest BCUT2D eigenvalue weighted by Gasteiger charge is 2.31. The summed E-state index contributed by atoms with van der Waals surface area (Å²) in [4.78, 5) is 15.3. The Morgan fingerprint density at radius 3 is 2.27 bits per heavy atom. The lowest BCUT2D eigenvalue weighted by molar-refractivity contribution is 0.0757. The predicted octanol–water partition coefficient (Wildman–Crippen LogP) is 3.54. The number of carbonyl (C=O) groups excluding carboxylic acids is 1. The molecular weight excluding hydrogens is 320 g/mol. The zero-order valence-electron chi connectivity index (χ0n) is 15.4. The molecule has 2 saturated heterocycles. The number of likely N-dealkylation sites (tertiary alicyclic amines) is 1. The lowest BCUT2D eigenvalue weighted by Gasteiger charge is -2.22. The zero-order valence-corrected chi connectivity index (χ0v) is 15.4. The summed E-state index contributed by atoms with van der Waals surface area (Å²) >= 11 is 0. The van der Waals surface area contributed by atoms with Crippen LogP contribution in [-0.4, -0.2) is 37.0 Å². The van der Waals surface area contributed by atoms with Crippen molar-refractivity contribution in [3.8, 4) is 0 Å². The van der Waals surface area contributed by atoms with Gasteiger partial charge in [-0.2, -0.15) is 0 Å². The van der Waals surface area contributed by atoms with E-state index in [1.807, 2.05) is 18.2 Å². The summed E-state index contributed by atoms with van der Waals surface area (Å²) in [7, 11) is 0. The molecule has 2 heterocycles. The van der Waals surface area contributed by atoms with Crippen molar-refractivity contribution in [3.63, 3.8) is 0 Å². The van der Waals surface area contributed by atoms with Gasteiger partial charge in [-0.15, -0.1) is 0 Å². The molecule has 1 N–H and O–H groups in total. The molecule has 0 bridgehead atoms. The Kier molecular flexibility index (Phi) is 5.35. The number of fused-ring (bicyclic) bond motifs is 1. The molecule has 3 heteroatoms. The summed E-state index contributed by atoms with van der Waals surface area (Å²) < 4.78 is 0. The maximum Gasteiger partial charge on any atom is 0.254 e. The minimum Gasteiger partial charge on any atom is -0.339 e. The summed E-state index contributed by atoms with van der Waals surface area (Å²) in [5.41, 5.74) is 3.39. The maximum absolute atomic E-state index is 13.2. The molecule has 2 fully saturated rings. The van der Waals surface area contributed by atoms with E-state index in [2.05, 4.69) is 46.6 Å². The molecule has 26 heavy (non-hydrogen) atoms. The molecule has 4 rings (SSSR count). The monoisotopic (exact) mass is 348 g/mol. The molecule has 0 saturated carbocycles. The Balaban J connectivity index is 1.45. The first-order valence-electron chi connectivity index (χ1n) is 9.93. The van der Waals surface area contributed by atoms with Crippen molar-refractivity contribution in [3.05, 3.63) is 71.3 Å². The number of amides is 1. The highest BCUT2D eigenvalue weighted by atomic mass is 16.2. The highest BCUT2D eigenvalue weighted by Crippen LogP contribution is 2.28. The van der Waals surface area contributed by atoms with Crippen LogP contribution in [0.25, 0.3) is 0 Å². The fourth-order valence-electron chi connectivity index (χ4n) is 4.46. The molecule has 0 aliphatic carbocycles. The van der Waals surface area contributed by atoms with E-state index in [4.69, 9.17) is 0 Å². The van der Waals surface area contributed by atoms with Crippen molar-refractivity contribution in [1.29, 1.82) is 0 Å². The smallest absolute Gasteiger partial charge is 0.254 e. The van der Waals surface area contributed by atoms with Crippen molar-refractivity contribution >= 4 is 5.91 Å². The van der Waals surface area contributed by atoms with Crippen LogP contribution >= 0.6 is 0 Å². The quantitative estimate of drug-likeness (QED) is 0.916. The molecule has 2 atom stereocenters. The third-order valence-corrected chi connectivity index (χ3v) is 6.08. The Hall–Kier alpha value is -2.13. The molecule has 0 spiro atoms. The van der Waals surface area contributed by atoms with Crippen molar-refractivity contribution in [2.24, 2.45) is 11.8 Å². The van der Waals surface area contributed by atoms with Gasteiger partial charge >= 0.3 is 0 Å². The van der Waals surface area contributed by atoms with E-state index in [0.29, 0.717) is 0 Å². The molecular formula is C23H28N2O. The highest BCUT2D eigenvalue weighted by molar-refractivity contribution is 5.95. The molecule has 3 nitrogen and oxygen atoms in total. The van der Waals surface area contributed by atoms with Gasteiger partial charge < -0.3 is 10.2 Å². The fourth-order valence-corrected chi connectivity index (χ4v) is 4.46. The summed E-state index contributed by atoms with van der Waals surface area (Å²) in [6.07, 6.45) is 4.15. The van der Waals surface area contributed by atoms with Gasteiger partial charge in [0.25, 0.3) is 5.91 Å².